The molecule has 1 aliphatic rings. The Hall–Kier alpha value is -4.43. The molecular formula is C31H31N3O5. The number of ether oxygens (including phenoxy) is 3. The molecule has 8 heteroatoms. The first kappa shape index (κ1) is 26.2. The number of pyridine rings is 1. The molecule has 1 saturated heterocycles. The van der Waals surface area contributed by atoms with Gasteiger partial charge >= 0.3 is 0 Å². The maximum Gasteiger partial charge on any atom is 0.254 e. The molecule has 0 N–H and O–H groups in total. The van der Waals surface area contributed by atoms with Gasteiger partial charge < -0.3 is 19.1 Å². The van der Waals surface area contributed by atoms with Crippen LogP contribution >= 0.6 is 0 Å². The van der Waals surface area contributed by atoms with E-state index in [0.29, 0.717) is 61.0 Å². The van der Waals surface area contributed by atoms with Crippen molar-refractivity contribution in [1.29, 1.82) is 0 Å². The molecule has 0 radical (unpaired) electrons. The fourth-order valence-corrected chi connectivity index (χ4v) is 4.85. The number of carbonyl (C=O) groups is 2. The normalized spacial score (nSPS) is 13.8. The zero-order valence-electron chi connectivity index (χ0n) is 22.3. The third kappa shape index (κ3) is 5.56. The highest BCUT2D eigenvalue weighted by atomic mass is 16.5. The van der Waals surface area contributed by atoms with Crippen molar-refractivity contribution in [1.82, 2.24) is 14.8 Å². The summed E-state index contributed by atoms with van der Waals surface area (Å²) in [5, 5.41) is 0.809. The highest BCUT2D eigenvalue weighted by Gasteiger charge is 2.25. The number of amides is 1. The fraction of sp³-hybridized carbons (Fsp3) is 0.258. The van der Waals surface area contributed by atoms with Gasteiger partial charge in [-0.15, -0.1) is 0 Å². The van der Waals surface area contributed by atoms with Gasteiger partial charge in [-0.25, -0.2) is 4.98 Å². The number of para-hydroxylation sites is 1. The maximum atomic E-state index is 13.8. The summed E-state index contributed by atoms with van der Waals surface area (Å²) in [5.41, 5.74) is 3.52. The number of piperazine rings is 1. The zero-order chi connectivity index (χ0) is 27.4. The molecule has 0 aliphatic carbocycles. The summed E-state index contributed by atoms with van der Waals surface area (Å²) in [6, 6.07) is 22.3. The summed E-state index contributed by atoms with van der Waals surface area (Å²) in [7, 11) is 4.79. The van der Waals surface area contributed by atoms with E-state index in [2.05, 4.69) is 4.90 Å². The molecule has 2 heterocycles. The van der Waals surface area contributed by atoms with Crippen LogP contribution in [0.2, 0.25) is 0 Å². The van der Waals surface area contributed by atoms with E-state index in [4.69, 9.17) is 19.2 Å². The third-order valence-corrected chi connectivity index (χ3v) is 7.06. The highest BCUT2D eigenvalue weighted by molar-refractivity contribution is 6.07. The number of ketones is 1. The van der Waals surface area contributed by atoms with Gasteiger partial charge in [0.1, 0.15) is 5.75 Å². The average Bonchev–Trinajstić information content (AvgIpc) is 3.00. The van der Waals surface area contributed by atoms with Gasteiger partial charge in [-0.3, -0.25) is 14.5 Å². The van der Waals surface area contributed by atoms with Crippen LogP contribution in [0.15, 0.2) is 72.8 Å². The van der Waals surface area contributed by atoms with E-state index in [1.165, 1.54) is 0 Å². The minimum Gasteiger partial charge on any atom is -0.497 e. The first-order valence-electron chi connectivity index (χ1n) is 12.8. The van der Waals surface area contributed by atoms with E-state index in [1.807, 2.05) is 53.4 Å². The number of aromatic nitrogens is 1. The topological polar surface area (TPSA) is 81.2 Å². The number of rotatable bonds is 8. The van der Waals surface area contributed by atoms with Crippen LogP contribution in [-0.2, 0) is 0 Å². The standard InChI is InChI=1S/C31H31N3O5/c1-37-23-11-8-21(9-12-23)28(35)20-33-14-16-34(17-15-33)31(36)25-19-27(32-26-7-5-4-6-24(25)26)22-10-13-29(38-2)30(18-22)39-3/h4-13,18-19H,14-17,20H2,1-3H3. The molecule has 3 aromatic carbocycles. The van der Waals surface area contributed by atoms with Crippen molar-refractivity contribution in [2.45, 2.75) is 0 Å². The van der Waals surface area contributed by atoms with Crippen LogP contribution < -0.4 is 14.2 Å². The second-order valence-electron chi connectivity index (χ2n) is 9.36. The average molecular weight is 526 g/mol. The second kappa shape index (κ2) is 11.5. The predicted molar refractivity (Wildman–Crippen MR) is 150 cm³/mol. The number of hydrogen-bond donors (Lipinski definition) is 0. The first-order valence-corrected chi connectivity index (χ1v) is 12.8. The van der Waals surface area contributed by atoms with Gasteiger partial charge in [0.25, 0.3) is 5.91 Å². The minimum absolute atomic E-state index is 0.0449. The molecule has 0 spiro atoms. The Morgan fingerprint density at radius 2 is 1.51 bits per heavy atom. The van der Waals surface area contributed by atoms with E-state index in [-0.39, 0.29) is 11.7 Å². The molecule has 8 nitrogen and oxygen atoms in total. The summed E-state index contributed by atoms with van der Waals surface area (Å²) < 4.78 is 16.0. The quantitative estimate of drug-likeness (QED) is 0.312. The van der Waals surface area contributed by atoms with Crippen LogP contribution in [0, 0.1) is 0 Å². The van der Waals surface area contributed by atoms with Crippen molar-refractivity contribution in [3.63, 3.8) is 0 Å². The van der Waals surface area contributed by atoms with Crippen LogP contribution in [0.3, 0.4) is 0 Å². The Bertz CT molecular complexity index is 1490. The van der Waals surface area contributed by atoms with Crippen LogP contribution in [0.5, 0.6) is 17.2 Å². The molecule has 1 fully saturated rings. The molecule has 0 saturated carbocycles. The van der Waals surface area contributed by atoms with Crippen LogP contribution in [0.4, 0.5) is 0 Å². The SMILES string of the molecule is COc1ccc(C(=O)CN2CCN(C(=O)c3cc(-c4ccc(OC)c(OC)c4)nc4ccccc34)CC2)cc1. The summed E-state index contributed by atoms with van der Waals surface area (Å²) >= 11 is 0. The Kier molecular flexibility index (Phi) is 7.74. The van der Waals surface area contributed by atoms with Crippen molar-refractivity contribution in [3.8, 4) is 28.5 Å². The summed E-state index contributed by atoms with van der Waals surface area (Å²) in [5.74, 6) is 1.95. The number of carbonyl (C=O) groups excluding carboxylic acids is 2. The number of fused-ring (bicyclic) bond motifs is 1. The van der Waals surface area contributed by atoms with Gasteiger partial charge in [0.15, 0.2) is 17.3 Å². The Morgan fingerprint density at radius 3 is 2.21 bits per heavy atom. The molecular weight excluding hydrogens is 494 g/mol. The molecule has 4 aromatic rings. The Balaban J connectivity index is 1.33. The van der Waals surface area contributed by atoms with E-state index in [0.717, 1.165) is 22.2 Å². The van der Waals surface area contributed by atoms with Gasteiger partial charge in [0.2, 0.25) is 0 Å². The number of hydrogen-bond acceptors (Lipinski definition) is 7. The molecule has 0 atom stereocenters. The monoisotopic (exact) mass is 525 g/mol. The molecule has 39 heavy (non-hydrogen) atoms. The van der Waals surface area contributed by atoms with Crippen molar-refractivity contribution in [3.05, 3.63) is 83.9 Å². The van der Waals surface area contributed by atoms with Crippen LogP contribution in [-0.4, -0.2) is 80.5 Å². The fourth-order valence-electron chi connectivity index (χ4n) is 4.85. The van der Waals surface area contributed by atoms with Crippen molar-refractivity contribution < 1.29 is 23.8 Å². The molecule has 1 aromatic heterocycles. The van der Waals surface area contributed by atoms with E-state index < -0.39 is 0 Å². The van der Waals surface area contributed by atoms with E-state index in [1.54, 1.807) is 45.6 Å². The summed E-state index contributed by atoms with van der Waals surface area (Å²) in [4.78, 5) is 35.3. The molecule has 0 unspecified atom stereocenters. The van der Waals surface area contributed by atoms with E-state index in [9.17, 15) is 9.59 Å². The molecule has 5 rings (SSSR count). The molecule has 1 amide bonds. The number of nitrogens with zero attached hydrogens (tertiary/aromatic N) is 3. The number of benzene rings is 3. The zero-order valence-corrected chi connectivity index (χ0v) is 22.3. The van der Waals surface area contributed by atoms with Crippen LogP contribution in [0.1, 0.15) is 20.7 Å². The third-order valence-electron chi connectivity index (χ3n) is 7.06. The largest absolute Gasteiger partial charge is 0.497 e. The maximum absolute atomic E-state index is 13.8. The van der Waals surface area contributed by atoms with Gasteiger partial charge in [-0.05, 0) is 54.6 Å². The molecule has 1 aliphatic heterocycles. The van der Waals surface area contributed by atoms with Gasteiger partial charge in [-0.2, -0.15) is 0 Å². The van der Waals surface area contributed by atoms with Gasteiger partial charge in [-0.1, -0.05) is 18.2 Å². The molecule has 200 valence electrons. The smallest absolute Gasteiger partial charge is 0.254 e. The van der Waals surface area contributed by atoms with Crippen molar-refractivity contribution in [2.24, 2.45) is 0 Å². The lowest BCUT2D eigenvalue weighted by Crippen LogP contribution is -2.50. The highest BCUT2D eigenvalue weighted by Crippen LogP contribution is 2.33. The first-order chi connectivity index (χ1) is 19.0. The summed E-state index contributed by atoms with van der Waals surface area (Å²) in [6.07, 6.45) is 0. The summed E-state index contributed by atoms with van der Waals surface area (Å²) in [6.45, 7) is 2.64. The second-order valence-corrected chi connectivity index (χ2v) is 9.36. The Morgan fingerprint density at radius 1 is 0.795 bits per heavy atom. The van der Waals surface area contributed by atoms with Crippen molar-refractivity contribution in [2.75, 3.05) is 54.1 Å². The van der Waals surface area contributed by atoms with Crippen molar-refractivity contribution >= 4 is 22.6 Å². The number of methoxy groups -OCH3 is 3. The number of Topliss-reactive ketones (excluding diaryl/α,β-unsaturated/α-hetero) is 1. The lowest BCUT2D eigenvalue weighted by atomic mass is 10.0. The predicted octanol–water partition coefficient (Wildman–Crippen LogP) is 4.57. The lowest BCUT2D eigenvalue weighted by molar-refractivity contribution is 0.0626. The van der Waals surface area contributed by atoms with Gasteiger partial charge in [0.05, 0.1) is 44.6 Å². The molecule has 0 bridgehead atoms. The van der Waals surface area contributed by atoms with Gasteiger partial charge in [0, 0.05) is 42.7 Å². The minimum atomic E-state index is -0.0449. The lowest BCUT2D eigenvalue weighted by Gasteiger charge is -2.34. The Labute approximate surface area is 227 Å². The van der Waals surface area contributed by atoms with E-state index >= 15 is 0 Å². The van der Waals surface area contributed by atoms with Crippen LogP contribution in [0.25, 0.3) is 22.2 Å².